The van der Waals surface area contributed by atoms with Crippen LogP contribution in [0.25, 0.3) is 10.9 Å². The zero-order valence-corrected chi connectivity index (χ0v) is 16.2. The highest BCUT2D eigenvalue weighted by molar-refractivity contribution is 6.00. The fourth-order valence-electron chi connectivity index (χ4n) is 3.24. The van der Waals surface area contributed by atoms with Gasteiger partial charge in [0.15, 0.2) is 5.82 Å². The molecule has 0 radical (unpaired) electrons. The predicted octanol–water partition coefficient (Wildman–Crippen LogP) is 2.74. The lowest BCUT2D eigenvalue weighted by atomic mass is 10.1. The summed E-state index contributed by atoms with van der Waals surface area (Å²) in [6.07, 6.45) is 0. The molecular formula is C21H19N5O4. The molecule has 4 aromatic rings. The number of hydrogen-bond donors (Lipinski definition) is 5. The quantitative estimate of drug-likeness (QED) is 0.311. The van der Waals surface area contributed by atoms with Gasteiger partial charge in [-0.3, -0.25) is 19.5 Å². The van der Waals surface area contributed by atoms with Crippen molar-refractivity contribution in [3.05, 3.63) is 68.5 Å². The fourth-order valence-corrected chi connectivity index (χ4v) is 3.24. The molecule has 0 saturated heterocycles. The first-order valence-electron chi connectivity index (χ1n) is 9.25. The average Bonchev–Trinajstić information content (AvgIpc) is 3.11. The van der Waals surface area contributed by atoms with Crippen LogP contribution in [0.4, 0.5) is 22.9 Å². The first-order valence-corrected chi connectivity index (χ1v) is 9.25. The van der Waals surface area contributed by atoms with Gasteiger partial charge in [-0.2, -0.15) is 5.10 Å². The maximum absolute atomic E-state index is 12.1. The largest absolute Gasteiger partial charge is 0.508 e. The van der Waals surface area contributed by atoms with Gasteiger partial charge in [0.25, 0.3) is 10.9 Å². The summed E-state index contributed by atoms with van der Waals surface area (Å²) >= 11 is 0. The Bertz CT molecular complexity index is 1330. The summed E-state index contributed by atoms with van der Waals surface area (Å²) in [6, 6.07) is 11.6. The number of nitrogens with zero attached hydrogens (tertiary/aromatic N) is 1. The highest BCUT2D eigenvalue weighted by Gasteiger charge is 2.23. The molecule has 0 unspecified atom stereocenters. The number of carbonyl (C=O) groups is 1. The molecule has 5 N–H and O–H groups in total. The summed E-state index contributed by atoms with van der Waals surface area (Å²) in [6.45, 7) is 3.21. The lowest BCUT2D eigenvalue weighted by Crippen LogP contribution is -2.37. The highest BCUT2D eigenvalue weighted by atomic mass is 16.3. The Balaban J connectivity index is 1.60. The van der Waals surface area contributed by atoms with Gasteiger partial charge >= 0.3 is 0 Å². The van der Waals surface area contributed by atoms with Crippen molar-refractivity contribution in [2.24, 2.45) is 0 Å². The van der Waals surface area contributed by atoms with E-state index in [1.54, 1.807) is 36.4 Å². The monoisotopic (exact) mass is 405 g/mol. The third-order valence-electron chi connectivity index (χ3n) is 4.77. The maximum atomic E-state index is 12.1. The van der Waals surface area contributed by atoms with Crippen LogP contribution in [0.2, 0.25) is 0 Å². The van der Waals surface area contributed by atoms with Crippen LogP contribution in [0, 0.1) is 0 Å². The number of H-pyrrole nitrogens is 1. The van der Waals surface area contributed by atoms with Crippen molar-refractivity contribution in [2.75, 3.05) is 16.0 Å². The molecule has 1 aromatic heterocycles. The number of nitrogens with one attached hydrogen (secondary N) is 4. The fraction of sp³-hybridized carbons (Fsp3) is 0.143. The molecule has 0 bridgehead atoms. The minimum Gasteiger partial charge on any atom is -0.508 e. The molecule has 0 aliphatic carbocycles. The molecule has 3 aromatic carbocycles. The Morgan fingerprint density at radius 2 is 1.87 bits per heavy atom. The minimum absolute atomic E-state index is 0.118. The van der Waals surface area contributed by atoms with Crippen LogP contribution in [0.5, 0.6) is 5.75 Å². The number of hydrogen-bond acceptors (Lipinski definition) is 7. The van der Waals surface area contributed by atoms with Crippen molar-refractivity contribution < 1.29 is 9.90 Å². The molecule has 0 aliphatic heterocycles. The van der Waals surface area contributed by atoms with Crippen LogP contribution in [-0.4, -0.2) is 21.2 Å². The van der Waals surface area contributed by atoms with Crippen molar-refractivity contribution in [3.63, 3.8) is 0 Å². The number of rotatable bonds is 6. The van der Waals surface area contributed by atoms with Crippen LogP contribution in [0.15, 0.2) is 52.1 Å². The number of fused-ring (bicyclic) bond motifs is 1. The van der Waals surface area contributed by atoms with E-state index in [2.05, 4.69) is 26.1 Å². The Labute approximate surface area is 170 Å². The van der Waals surface area contributed by atoms with Crippen molar-refractivity contribution in [1.29, 1.82) is 0 Å². The third kappa shape index (κ3) is 3.48. The standard InChI is InChI=1S/C21H19N5O4/c1-10(12-4-3-5-14(28)8-12)22-17-18(20(30)19(17)29)24-13-6-7-16-15(9-13)21(26-25-16)23-11(2)27/h3-10,22,24,28H,1-2H3,(H2,23,25,26,27)/t10-/m1/s1. The molecule has 152 valence electrons. The van der Waals surface area contributed by atoms with E-state index >= 15 is 0 Å². The minimum atomic E-state index is -0.616. The molecule has 4 rings (SSSR count). The Kier molecular flexibility index (Phi) is 4.71. The van der Waals surface area contributed by atoms with Gasteiger partial charge < -0.3 is 21.1 Å². The maximum Gasteiger partial charge on any atom is 0.253 e. The van der Waals surface area contributed by atoms with Gasteiger partial charge in [-0.15, -0.1) is 0 Å². The van der Waals surface area contributed by atoms with Gasteiger partial charge in [0.05, 0.1) is 5.52 Å². The van der Waals surface area contributed by atoms with Crippen LogP contribution < -0.4 is 26.8 Å². The van der Waals surface area contributed by atoms with E-state index in [-0.39, 0.29) is 29.1 Å². The number of aromatic hydroxyl groups is 1. The second-order valence-electron chi connectivity index (χ2n) is 7.01. The van der Waals surface area contributed by atoms with Crippen LogP contribution in [0.3, 0.4) is 0 Å². The number of amides is 1. The van der Waals surface area contributed by atoms with E-state index in [9.17, 15) is 19.5 Å². The Morgan fingerprint density at radius 1 is 1.10 bits per heavy atom. The van der Waals surface area contributed by atoms with E-state index in [1.807, 2.05) is 13.0 Å². The number of carbonyl (C=O) groups excluding carboxylic acids is 1. The molecule has 9 nitrogen and oxygen atoms in total. The number of phenols is 1. The summed E-state index contributed by atoms with van der Waals surface area (Å²) in [5, 5.41) is 25.8. The predicted molar refractivity (Wildman–Crippen MR) is 115 cm³/mol. The molecule has 0 fully saturated rings. The van der Waals surface area contributed by atoms with Crippen molar-refractivity contribution >= 4 is 39.7 Å². The molecule has 30 heavy (non-hydrogen) atoms. The summed E-state index contributed by atoms with van der Waals surface area (Å²) < 4.78 is 0. The molecule has 0 aliphatic rings. The Morgan fingerprint density at radius 3 is 2.60 bits per heavy atom. The summed E-state index contributed by atoms with van der Waals surface area (Å²) in [4.78, 5) is 35.6. The SMILES string of the molecule is CC(=O)Nc1n[nH]c2ccc(Nc3c(N[C@H](C)c4cccc(O)c4)c(=O)c3=O)cc12. The van der Waals surface area contributed by atoms with Crippen molar-refractivity contribution in [3.8, 4) is 5.75 Å². The zero-order valence-electron chi connectivity index (χ0n) is 16.2. The lowest BCUT2D eigenvalue weighted by Gasteiger charge is -2.20. The van der Waals surface area contributed by atoms with E-state index in [0.29, 0.717) is 22.4 Å². The van der Waals surface area contributed by atoms with E-state index in [0.717, 1.165) is 5.56 Å². The van der Waals surface area contributed by atoms with E-state index in [1.165, 1.54) is 6.92 Å². The molecule has 0 saturated carbocycles. The van der Waals surface area contributed by atoms with Gasteiger partial charge in [0, 0.05) is 24.0 Å². The van der Waals surface area contributed by atoms with Crippen LogP contribution in [-0.2, 0) is 4.79 Å². The molecule has 1 atom stereocenters. The Hall–Kier alpha value is -4.14. The first kappa shape index (κ1) is 19.2. The van der Waals surface area contributed by atoms with Crippen molar-refractivity contribution in [1.82, 2.24) is 10.2 Å². The summed E-state index contributed by atoms with van der Waals surface area (Å²) in [5.41, 5.74) is 1.18. The lowest BCUT2D eigenvalue weighted by molar-refractivity contribution is -0.114. The van der Waals surface area contributed by atoms with Crippen LogP contribution >= 0.6 is 0 Å². The number of phenolic OH excluding ortho intramolecular Hbond substituents is 1. The van der Waals surface area contributed by atoms with Gasteiger partial charge in [-0.25, -0.2) is 0 Å². The summed E-state index contributed by atoms with van der Waals surface area (Å²) in [7, 11) is 0. The highest BCUT2D eigenvalue weighted by Crippen LogP contribution is 2.29. The van der Waals surface area contributed by atoms with Gasteiger partial charge in [0.1, 0.15) is 17.1 Å². The molecule has 1 amide bonds. The third-order valence-corrected chi connectivity index (χ3v) is 4.77. The molecule has 0 spiro atoms. The topological polar surface area (TPSA) is 136 Å². The number of anilines is 4. The number of aromatic amines is 1. The molecule has 1 heterocycles. The first-order chi connectivity index (χ1) is 14.3. The second kappa shape index (κ2) is 7.36. The second-order valence-corrected chi connectivity index (χ2v) is 7.01. The average molecular weight is 405 g/mol. The number of benzene rings is 2. The molecular weight excluding hydrogens is 386 g/mol. The van der Waals surface area contributed by atoms with Crippen LogP contribution in [0.1, 0.15) is 25.5 Å². The van der Waals surface area contributed by atoms with E-state index < -0.39 is 10.9 Å². The summed E-state index contributed by atoms with van der Waals surface area (Å²) in [5.74, 6) is 0.242. The van der Waals surface area contributed by atoms with E-state index in [4.69, 9.17) is 0 Å². The van der Waals surface area contributed by atoms with Gasteiger partial charge in [-0.05, 0) is 42.8 Å². The number of aromatic nitrogens is 2. The zero-order chi connectivity index (χ0) is 21.4. The van der Waals surface area contributed by atoms with Crippen molar-refractivity contribution in [2.45, 2.75) is 19.9 Å². The van der Waals surface area contributed by atoms with Gasteiger partial charge in [-0.1, -0.05) is 12.1 Å². The van der Waals surface area contributed by atoms with Gasteiger partial charge in [0.2, 0.25) is 5.91 Å². The normalized spacial score (nSPS) is 12.1. The smallest absolute Gasteiger partial charge is 0.253 e. The molecule has 9 heteroatoms.